The van der Waals surface area contributed by atoms with Gasteiger partial charge in [-0.2, -0.15) is 0 Å². The molecular formula is C11H18N4O3S. The maximum absolute atomic E-state index is 12.1. The molecule has 0 fully saturated rings. The minimum Gasteiger partial charge on any atom is -0.399 e. The highest BCUT2D eigenvalue weighted by Crippen LogP contribution is 2.21. The van der Waals surface area contributed by atoms with E-state index in [0.717, 1.165) is 5.56 Å². The number of aryl methyl sites for hydroxylation is 1. The SMILES string of the molecule is Cc1cc(N)cc(S(=O)(=O)NCCNC(N)=O)c1C. The summed E-state index contributed by atoms with van der Waals surface area (Å²) in [7, 11) is -3.66. The maximum Gasteiger partial charge on any atom is 0.312 e. The van der Waals surface area contributed by atoms with Crippen molar-refractivity contribution in [3.63, 3.8) is 0 Å². The number of hydrogen-bond acceptors (Lipinski definition) is 4. The van der Waals surface area contributed by atoms with Crippen LogP contribution in [-0.2, 0) is 10.0 Å². The second-order valence-corrected chi connectivity index (χ2v) is 5.89. The molecule has 0 aliphatic heterocycles. The molecule has 7 nitrogen and oxygen atoms in total. The molecule has 2 amide bonds. The summed E-state index contributed by atoms with van der Waals surface area (Å²) >= 11 is 0. The Kier molecular flexibility index (Phi) is 4.73. The van der Waals surface area contributed by atoms with E-state index in [1.165, 1.54) is 6.07 Å². The number of sulfonamides is 1. The molecular weight excluding hydrogens is 268 g/mol. The molecule has 0 atom stereocenters. The van der Waals surface area contributed by atoms with Gasteiger partial charge in [0, 0.05) is 18.8 Å². The number of nitrogens with one attached hydrogen (secondary N) is 2. The van der Waals surface area contributed by atoms with Gasteiger partial charge in [-0.3, -0.25) is 0 Å². The zero-order valence-corrected chi connectivity index (χ0v) is 11.7. The number of nitrogens with two attached hydrogens (primary N) is 2. The number of amides is 2. The van der Waals surface area contributed by atoms with Crippen LogP contribution >= 0.6 is 0 Å². The van der Waals surface area contributed by atoms with Crippen molar-refractivity contribution >= 4 is 21.7 Å². The van der Waals surface area contributed by atoms with Crippen LogP contribution in [0.4, 0.5) is 10.5 Å². The summed E-state index contributed by atoms with van der Waals surface area (Å²) in [6, 6.07) is 2.42. The van der Waals surface area contributed by atoms with E-state index in [2.05, 4.69) is 10.0 Å². The third-order valence-corrected chi connectivity index (χ3v) is 4.24. The number of hydrogen-bond donors (Lipinski definition) is 4. The third kappa shape index (κ3) is 4.11. The minimum atomic E-state index is -3.66. The number of carbonyl (C=O) groups is 1. The number of anilines is 1. The predicted molar refractivity (Wildman–Crippen MR) is 73.1 cm³/mol. The molecule has 8 heteroatoms. The molecule has 0 spiro atoms. The van der Waals surface area contributed by atoms with E-state index in [0.29, 0.717) is 11.3 Å². The lowest BCUT2D eigenvalue weighted by molar-refractivity contribution is 0.249. The van der Waals surface area contributed by atoms with Crippen LogP contribution in [0.1, 0.15) is 11.1 Å². The molecule has 106 valence electrons. The quantitative estimate of drug-likeness (QED) is 0.442. The lowest BCUT2D eigenvalue weighted by atomic mass is 10.1. The van der Waals surface area contributed by atoms with E-state index in [4.69, 9.17) is 11.5 Å². The van der Waals surface area contributed by atoms with Crippen molar-refractivity contribution in [3.05, 3.63) is 23.3 Å². The van der Waals surface area contributed by atoms with Crippen molar-refractivity contribution < 1.29 is 13.2 Å². The molecule has 1 rings (SSSR count). The van der Waals surface area contributed by atoms with Gasteiger partial charge in [-0.15, -0.1) is 0 Å². The first-order valence-electron chi connectivity index (χ1n) is 5.63. The van der Waals surface area contributed by atoms with Crippen molar-refractivity contribution in [2.24, 2.45) is 5.73 Å². The van der Waals surface area contributed by atoms with Gasteiger partial charge in [-0.05, 0) is 37.1 Å². The fourth-order valence-corrected chi connectivity index (χ4v) is 2.96. The zero-order chi connectivity index (χ0) is 14.6. The van der Waals surface area contributed by atoms with Crippen LogP contribution in [0.2, 0.25) is 0 Å². The highest BCUT2D eigenvalue weighted by Gasteiger charge is 2.18. The Morgan fingerprint density at radius 1 is 1.26 bits per heavy atom. The second-order valence-electron chi connectivity index (χ2n) is 4.15. The van der Waals surface area contributed by atoms with Crippen LogP contribution in [0.5, 0.6) is 0 Å². The molecule has 0 heterocycles. The van der Waals surface area contributed by atoms with E-state index >= 15 is 0 Å². The van der Waals surface area contributed by atoms with Crippen molar-refractivity contribution in [3.8, 4) is 0 Å². The van der Waals surface area contributed by atoms with E-state index in [9.17, 15) is 13.2 Å². The predicted octanol–water partition coefficient (Wildman–Crippen LogP) is -0.168. The van der Waals surface area contributed by atoms with Gasteiger partial charge in [-0.1, -0.05) is 0 Å². The number of carbonyl (C=O) groups excluding carboxylic acids is 1. The van der Waals surface area contributed by atoms with Crippen molar-refractivity contribution in [1.29, 1.82) is 0 Å². The standard InChI is InChI=1S/C11H18N4O3S/c1-7-5-9(12)6-10(8(7)2)19(17,18)15-4-3-14-11(13)16/h5-6,15H,3-4,12H2,1-2H3,(H3,13,14,16). The average molecular weight is 286 g/mol. The highest BCUT2D eigenvalue weighted by molar-refractivity contribution is 7.89. The van der Waals surface area contributed by atoms with E-state index in [1.807, 2.05) is 0 Å². The van der Waals surface area contributed by atoms with E-state index in [-0.39, 0.29) is 18.0 Å². The topological polar surface area (TPSA) is 127 Å². The summed E-state index contributed by atoms with van der Waals surface area (Å²) in [5.74, 6) is 0. The van der Waals surface area contributed by atoms with E-state index in [1.54, 1.807) is 19.9 Å². The first kappa shape index (κ1) is 15.3. The van der Waals surface area contributed by atoms with Gasteiger partial charge >= 0.3 is 6.03 Å². The number of primary amides is 1. The largest absolute Gasteiger partial charge is 0.399 e. The van der Waals surface area contributed by atoms with Crippen molar-refractivity contribution in [2.45, 2.75) is 18.7 Å². The monoisotopic (exact) mass is 286 g/mol. The maximum atomic E-state index is 12.1. The summed E-state index contributed by atoms with van der Waals surface area (Å²) in [4.78, 5) is 10.6. The Hall–Kier alpha value is -1.80. The molecule has 1 aromatic rings. The van der Waals surface area contributed by atoms with Crippen LogP contribution in [0.15, 0.2) is 17.0 Å². The fraction of sp³-hybridized carbons (Fsp3) is 0.364. The average Bonchev–Trinajstić information content (AvgIpc) is 2.29. The van der Waals surface area contributed by atoms with E-state index < -0.39 is 16.1 Å². The van der Waals surface area contributed by atoms with Gasteiger partial charge in [0.25, 0.3) is 0 Å². The molecule has 0 saturated heterocycles. The molecule has 0 aliphatic carbocycles. The summed E-state index contributed by atoms with van der Waals surface area (Å²) < 4.78 is 26.6. The summed E-state index contributed by atoms with van der Waals surface area (Å²) in [6.45, 7) is 3.68. The molecule has 0 radical (unpaired) electrons. The second kappa shape index (κ2) is 5.89. The minimum absolute atomic E-state index is 0.0541. The number of benzene rings is 1. The Labute approximate surface area is 112 Å². The molecule has 6 N–H and O–H groups in total. The van der Waals surface area contributed by atoms with Gasteiger partial charge < -0.3 is 16.8 Å². The molecule has 1 aromatic carbocycles. The summed E-state index contributed by atoms with van der Waals surface area (Å²) in [5, 5.41) is 2.29. The molecule has 0 unspecified atom stereocenters. The molecule has 0 saturated carbocycles. The Morgan fingerprint density at radius 2 is 1.89 bits per heavy atom. The van der Waals surface area contributed by atoms with Crippen molar-refractivity contribution in [2.75, 3.05) is 18.8 Å². The van der Waals surface area contributed by atoms with Crippen molar-refractivity contribution in [1.82, 2.24) is 10.0 Å². The first-order chi connectivity index (χ1) is 8.74. The molecule has 0 bridgehead atoms. The fourth-order valence-electron chi connectivity index (χ4n) is 1.58. The Morgan fingerprint density at radius 3 is 2.47 bits per heavy atom. The molecule has 0 aliphatic rings. The number of nitrogen functional groups attached to an aromatic ring is 1. The molecule has 19 heavy (non-hydrogen) atoms. The van der Waals surface area contributed by atoms with Gasteiger partial charge in [0.15, 0.2) is 0 Å². The Bertz CT molecular complexity index is 584. The zero-order valence-electron chi connectivity index (χ0n) is 10.9. The number of rotatable bonds is 5. The lowest BCUT2D eigenvalue weighted by Gasteiger charge is -2.12. The highest BCUT2D eigenvalue weighted by atomic mass is 32.2. The van der Waals surface area contributed by atoms with Crippen LogP contribution in [0.25, 0.3) is 0 Å². The van der Waals surface area contributed by atoms with Crippen LogP contribution in [-0.4, -0.2) is 27.5 Å². The first-order valence-corrected chi connectivity index (χ1v) is 7.12. The van der Waals surface area contributed by atoms with Gasteiger partial charge in [-0.25, -0.2) is 17.9 Å². The summed E-state index contributed by atoms with van der Waals surface area (Å²) in [5.41, 5.74) is 12.4. The van der Waals surface area contributed by atoms with Crippen LogP contribution < -0.4 is 21.5 Å². The third-order valence-electron chi connectivity index (χ3n) is 2.65. The number of urea groups is 1. The van der Waals surface area contributed by atoms with Crippen LogP contribution in [0, 0.1) is 13.8 Å². The lowest BCUT2D eigenvalue weighted by Crippen LogP contribution is -2.37. The van der Waals surface area contributed by atoms with Gasteiger partial charge in [0.05, 0.1) is 4.90 Å². The molecule has 0 aromatic heterocycles. The normalized spacial score (nSPS) is 11.3. The van der Waals surface area contributed by atoms with Gasteiger partial charge in [0.2, 0.25) is 10.0 Å². The van der Waals surface area contributed by atoms with Crippen LogP contribution in [0.3, 0.4) is 0 Å². The summed E-state index contributed by atoms with van der Waals surface area (Å²) in [6.07, 6.45) is 0. The van der Waals surface area contributed by atoms with Gasteiger partial charge in [0.1, 0.15) is 0 Å². The Balaban J connectivity index is 2.86. The smallest absolute Gasteiger partial charge is 0.312 e.